The number of carboxylic acids is 1. The minimum Gasteiger partial charge on any atom is -0.480 e. The van der Waals surface area contributed by atoms with E-state index in [1.54, 1.807) is 13.8 Å². The number of carboxylic acid groups (broad SMARTS) is 1. The molecule has 1 aromatic carbocycles. The third-order valence-corrected chi connectivity index (χ3v) is 4.59. The number of rotatable bonds is 7. The summed E-state index contributed by atoms with van der Waals surface area (Å²) >= 11 is 0. The lowest BCUT2D eigenvalue weighted by Crippen LogP contribution is -2.44. The van der Waals surface area contributed by atoms with Gasteiger partial charge in [-0.1, -0.05) is 20.3 Å². The zero-order valence-electron chi connectivity index (χ0n) is 12.3. The molecule has 0 aromatic heterocycles. The topological polar surface area (TPSA) is 92.7 Å². The van der Waals surface area contributed by atoms with Crippen LogP contribution in [0, 0.1) is 5.92 Å². The van der Waals surface area contributed by atoms with Crippen molar-refractivity contribution in [3.8, 4) is 5.75 Å². The molecule has 23 heavy (non-hydrogen) atoms. The Morgan fingerprint density at radius 1 is 1.30 bits per heavy atom. The number of ether oxygens (including phenoxy) is 1. The van der Waals surface area contributed by atoms with E-state index >= 15 is 0 Å². The molecule has 130 valence electrons. The number of sulfonamides is 1. The van der Waals surface area contributed by atoms with Gasteiger partial charge in [0, 0.05) is 0 Å². The van der Waals surface area contributed by atoms with Crippen LogP contribution in [0.5, 0.6) is 5.75 Å². The van der Waals surface area contributed by atoms with E-state index in [9.17, 15) is 26.4 Å². The van der Waals surface area contributed by atoms with E-state index in [1.807, 2.05) is 4.72 Å². The van der Waals surface area contributed by atoms with Gasteiger partial charge in [-0.15, -0.1) is 13.2 Å². The Bertz CT molecular complexity index is 643. The first-order chi connectivity index (χ1) is 10.5. The molecule has 0 fully saturated rings. The Balaban J connectivity index is 2.97. The van der Waals surface area contributed by atoms with Crippen LogP contribution < -0.4 is 9.46 Å². The molecule has 0 amide bonds. The molecule has 1 aromatic rings. The van der Waals surface area contributed by atoms with Crippen LogP contribution in [0.1, 0.15) is 20.3 Å². The lowest BCUT2D eigenvalue weighted by atomic mass is 10.0. The Hall–Kier alpha value is -1.81. The summed E-state index contributed by atoms with van der Waals surface area (Å²) in [5, 5.41) is 9.08. The van der Waals surface area contributed by atoms with Gasteiger partial charge >= 0.3 is 12.3 Å². The van der Waals surface area contributed by atoms with Crippen molar-refractivity contribution in [2.24, 2.45) is 5.92 Å². The van der Waals surface area contributed by atoms with E-state index in [4.69, 9.17) is 5.11 Å². The zero-order chi connectivity index (χ0) is 17.8. The molecule has 6 nitrogen and oxygen atoms in total. The number of hydrogen-bond donors (Lipinski definition) is 2. The normalized spacial score (nSPS) is 15.0. The van der Waals surface area contributed by atoms with Crippen LogP contribution >= 0.6 is 0 Å². The zero-order valence-corrected chi connectivity index (χ0v) is 13.1. The summed E-state index contributed by atoms with van der Waals surface area (Å²) < 4.78 is 66.1. The average molecular weight is 355 g/mol. The lowest BCUT2D eigenvalue weighted by Gasteiger charge is -2.20. The summed E-state index contributed by atoms with van der Waals surface area (Å²) in [6.07, 6.45) is -4.46. The number of aliphatic carboxylic acids is 1. The summed E-state index contributed by atoms with van der Waals surface area (Å²) in [6.45, 7) is 3.28. The fourth-order valence-corrected chi connectivity index (χ4v) is 3.00. The van der Waals surface area contributed by atoms with Gasteiger partial charge < -0.3 is 9.84 Å². The third kappa shape index (κ3) is 5.71. The van der Waals surface area contributed by atoms with Gasteiger partial charge in [-0.25, -0.2) is 8.42 Å². The SMILES string of the molecule is CCC(C)C(NS(=O)(=O)c1ccc(OC(F)(F)F)cc1)C(=O)O. The van der Waals surface area contributed by atoms with Crippen LogP contribution in [0.4, 0.5) is 13.2 Å². The Labute approximate surface area is 131 Å². The summed E-state index contributed by atoms with van der Waals surface area (Å²) in [5.41, 5.74) is 0. The lowest BCUT2D eigenvalue weighted by molar-refractivity contribution is -0.274. The van der Waals surface area contributed by atoms with Crippen LogP contribution in [0.25, 0.3) is 0 Å². The van der Waals surface area contributed by atoms with Crippen molar-refractivity contribution in [2.75, 3.05) is 0 Å². The highest BCUT2D eigenvalue weighted by Gasteiger charge is 2.32. The first kappa shape index (κ1) is 19.2. The highest BCUT2D eigenvalue weighted by molar-refractivity contribution is 7.89. The number of alkyl halides is 3. The molecular weight excluding hydrogens is 339 g/mol. The molecule has 2 atom stereocenters. The summed E-state index contributed by atoms with van der Waals surface area (Å²) in [5.74, 6) is -2.37. The number of nitrogens with one attached hydrogen (secondary N) is 1. The first-order valence-corrected chi connectivity index (χ1v) is 8.05. The highest BCUT2D eigenvalue weighted by atomic mass is 32.2. The summed E-state index contributed by atoms with van der Waals surface area (Å²) in [6, 6.07) is 2.14. The molecule has 0 saturated carbocycles. The fraction of sp³-hybridized carbons (Fsp3) is 0.462. The van der Waals surface area contributed by atoms with Gasteiger partial charge in [0.1, 0.15) is 11.8 Å². The van der Waals surface area contributed by atoms with Gasteiger partial charge in [0.25, 0.3) is 0 Å². The molecule has 10 heteroatoms. The quantitative estimate of drug-likeness (QED) is 0.783. The van der Waals surface area contributed by atoms with Crippen molar-refractivity contribution in [1.82, 2.24) is 4.72 Å². The molecule has 0 radical (unpaired) electrons. The third-order valence-electron chi connectivity index (χ3n) is 3.13. The van der Waals surface area contributed by atoms with Gasteiger partial charge in [-0.2, -0.15) is 4.72 Å². The predicted octanol–water partition coefficient (Wildman–Crippen LogP) is 2.36. The van der Waals surface area contributed by atoms with Gasteiger partial charge in [-0.05, 0) is 30.2 Å². The molecule has 0 aliphatic carbocycles. The van der Waals surface area contributed by atoms with E-state index < -0.39 is 40.1 Å². The number of benzene rings is 1. The van der Waals surface area contributed by atoms with Crippen LogP contribution in [0.2, 0.25) is 0 Å². The predicted molar refractivity (Wildman–Crippen MR) is 74.3 cm³/mol. The Kier molecular flexibility index (Phi) is 6.00. The largest absolute Gasteiger partial charge is 0.573 e. The monoisotopic (exact) mass is 355 g/mol. The molecule has 0 heterocycles. The van der Waals surface area contributed by atoms with E-state index in [-0.39, 0.29) is 4.90 Å². The van der Waals surface area contributed by atoms with Crippen molar-refractivity contribution in [3.05, 3.63) is 24.3 Å². The molecule has 0 aliphatic heterocycles. The van der Waals surface area contributed by atoms with Gasteiger partial charge in [0.2, 0.25) is 10.0 Å². The second-order valence-electron chi connectivity index (χ2n) is 4.84. The van der Waals surface area contributed by atoms with Gasteiger partial charge in [0.05, 0.1) is 4.90 Å². The van der Waals surface area contributed by atoms with E-state index in [0.717, 1.165) is 24.3 Å². The van der Waals surface area contributed by atoms with Gasteiger partial charge in [-0.3, -0.25) is 4.79 Å². The minimum atomic E-state index is -4.89. The standard InChI is InChI=1S/C13H16F3NO5S/c1-3-8(2)11(12(18)19)17-23(20,21)10-6-4-9(5-7-10)22-13(14,15)16/h4-8,11,17H,3H2,1-2H3,(H,18,19). The fourth-order valence-electron chi connectivity index (χ4n) is 1.70. The summed E-state index contributed by atoms with van der Waals surface area (Å²) in [4.78, 5) is 10.8. The smallest absolute Gasteiger partial charge is 0.480 e. The maximum atomic E-state index is 12.1. The number of halogens is 3. The van der Waals surface area contributed by atoms with Gasteiger partial charge in [0.15, 0.2) is 0 Å². The van der Waals surface area contributed by atoms with E-state index in [0.29, 0.717) is 6.42 Å². The molecule has 0 aliphatic rings. The second-order valence-corrected chi connectivity index (χ2v) is 6.56. The second kappa shape index (κ2) is 7.18. The van der Waals surface area contributed by atoms with Crippen LogP contribution in [0.3, 0.4) is 0 Å². The molecule has 0 bridgehead atoms. The molecule has 0 saturated heterocycles. The van der Waals surface area contributed by atoms with Crippen LogP contribution in [0.15, 0.2) is 29.2 Å². The Morgan fingerprint density at radius 2 is 1.83 bits per heavy atom. The maximum absolute atomic E-state index is 12.1. The maximum Gasteiger partial charge on any atom is 0.573 e. The van der Waals surface area contributed by atoms with Crippen molar-refractivity contribution in [1.29, 1.82) is 0 Å². The first-order valence-electron chi connectivity index (χ1n) is 6.57. The minimum absolute atomic E-state index is 0.360. The van der Waals surface area contributed by atoms with Crippen molar-refractivity contribution >= 4 is 16.0 Å². The molecule has 2 N–H and O–H groups in total. The molecule has 1 rings (SSSR count). The van der Waals surface area contributed by atoms with Crippen molar-refractivity contribution in [2.45, 2.75) is 37.6 Å². The average Bonchev–Trinajstić information content (AvgIpc) is 2.42. The highest BCUT2D eigenvalue weighted by Crippen LogP contribution is 2.24. The van der Waals surface area contributed by atoms with Crippen LogP contribution in [-0.4, -0.2) is 31.9 Å². The van der Waals surface area contributed by atoms with E-state index in [2.05, 4.69) is 4.74 Å². The summed E-state index contributed by atoms with van der Waals surface area (Å²) in [7, 11) is -4.19. The van der Waals surface area contributed by atoms with Crippen molar-refractivity contribution in [3.63, 3.8) is 0 Å². The number of carbonyl (C=O) groups is 1. The van der Waals surface area contributed by atoms with Crippen LogP contribution in [-0.2, 0) is 14.8 Å². The van der Waals surface area contributed by atoms with E-state index in [1.165, 1.54) is 0 Å². The molecule has 2 unspecified atom stereocenters. The van der Waals surface area contributed by atoms with Crippen molar-refractivity contribution < 1.29 is 36.2 Å². The molecule has 0 spiro atoms. The Morgan fingerprint density at radius 3 is 2.22 bits per heavy atom. The number of hydrogen-bond acceptors (Lipinski definition) is 4. The molecular formula is C13H16F3NO5S.